The molecule has 1 rings (SSSR count). The first kappa shape index (κ1) is 13.8. The normalized spacial score (nSPS) is 10.2. The van der Waals surface area contributed by atoms with E-state index in [-0.39, 0.29) is 0 Å². The zero-order valence-corrected chi connectivity index (χ0v) is 10.9. The average molecular weight is 253 g/mol. The monoisotopic (exact) mass is 253 g/mol. The SMILES string of the molecule is CSCCCCCNc1ncccc1C(N)=O. The minimum absolute atomic E-state index is 0.442. The Morgan fingerprint density at radius 2 is 2.29 bits per heavy atom. The predicted octanol–water partition coefficient (Wildman–Crippen LogP) is 2.13. The molecule has 0 aliphatic carbocycles. The van der Waals surface area contributed by atoms with E-state index < -0.39 is 5.91 Å². The van der Waals surface area contributed by atoms with Crippen molar-refractivity contribution < 1.29 is 4.79 Å². The number of pyridine rings is 1. The molecule has 0 spiro atoms. The minimum atomic E-state index is -0.442. The molecule has 0 bridgehead atoms. The van der Waals surface area contributed by atoms with Crippen LogP contribution in [0, 0.1) is 0 Å². The second-order valence-electron chi connectivity index (χ2n) is 3.74. The summed E-state index contributed by atoms with van der Waals surface area (Å²) in [7, 11) is 0. The quantitative estimate of drug-likeness (QED) is 0.696. The maximum atomic E-state index is 11.1. The number of amides is 1. The molecule has 1 amide bonds. The number of nitrogens with zero attached hydrogens (tertiary/aromatic N) is 1. The predicted molar refractivity (Wildman–Crippen MR) is 73.5 cm³/mol. The third kappa shape index (κ3) is 5.08. The van der Waals surface area contributed by atoms with Gasteiger partial charge in [-0.25, -0.2) is 4.98 Å². The summed E-state index contributed by atoms with van der Waals surface area (Å²) in [5.41, 5.74) is 5.72. The van der Waals surface area contributed by atoms with Crippen LogP contribution >= 0.6 is 11.8 Å². The third-order valence-electron chi connectivity index (χ3n) is 2.39. The third-order valence-corrected chi connectivity index (χ3v) is 3.09. The van der Waals surface area contributed by atoms with E-state index >= 15 is 0 Å². The van der Waals surface area contributed by atoms with Crippen molar-refractivity contribution >= 4 is 23.5 Å². The van der Waals surface area contributed by atoms with Gasteiger partial charge < -0.3 is 11.1 Å². The Morgan fingerprint density at radius 3 is 3.00 bits per heavy atom. The van der Waals surface area contributed by atoms with Gasteiger partial charge in [-0.2, -0.15) is 11.8 Å². The Morgan fingerprint density at radius 1 is 1.47 bits per heavy atom. The Labute approximate surface area is 106 Å². The van der Waals surface area contributed by atoms with Gasteiger partial charge in [0.1, 0.15) is 5.82 Å². The number of thioether (sulfide) groups is 1. The first-order valence-electron chi connectivity index (χ1n) is 5.73. The highest BCUT2D eigenvalue weighted by Crippen LogP contribution is 2.10. The zero-order valence-electron chi connectivity index (χ0n) is 10.1. The van der Waals surface area contributed by atoms with Crippen molar-refractivity contribution in [2.24, 2.45) is 5.73 Å². The summed E-state index contributed by atoms with van der Waals surface area (Å²) in [5.74, 6) is 1.35. The van der Waals surface area contributed by atoms with Crippen molar-refractivity contribution in [3.8, 4) is 0 Å². The standard InChI is InChI=1S/C12H19N3OS/c1-17-9-4-2-3-7-14-12-10(11(13)16)6-5-8-15-12/h5-6,8H,2-4,7,9H2,1H3,(H2,13,16)(H,14,15). The lowest BCUT2D eigenvalue weighted by Crippen LogP contribution is -2.15. The lowest BCUT2D eigenvalue weighted by atomic mass is 10.2. The van der Waals surface area contributed by atoms with Crippen LogP contribution in [0.4, 0.5) is 5.82 Å². The molecule has 1 aromatic heterocycles. The largest absolute Gasteiger partial charge is 0.369 e. The smallest absolute Gasteiger partial charge is 0.252 e. The van der Waals surface area contributed by atoms with Crippen LogP contribution < -0.4 is 11.1 Å². The summed E-state index contributed by atoms with van der Waals surface area (Å²) >= 11 is 1.87. The molecule has 0 aliphatic heterocycles. The van der Waals surface area contributed by atoms with Crippen LogP contribution in [0.15, 0.2) is 18.3 Å². The maximum absolute atomic E-state index is 11.1. The summed E-state index contributed by atoms with van der Waals surface area (Å²) in [4.78, 5) is 15.3. The second-order valence-corrected chi connectivity index (χ2v) is 4.73. The molecule has 0 saturated carbocycles. The molecule has 3 N–H and O–H groups in total. The van der Waals surface area contributed by atoms with Gasteiger partial charge in [-0.1, -0.05) is 6.42 Å². The number of primary amides is 1. The average Bonchev–Trinajstić information content (AvgIpc) is 2.34. The van der Waals surface area contributed by atoms with Crippen LogP contribution in [0.2, 0.25) is 0 Å². The first-order chi connectivity index (χ1) is 8.25. The van der Waals surface area contributed by atoms with Crippen molar-refractivity contribution in [2.75, 3.05) is 23.9 Å². The van der Waals surface area contributed by atoms with E-state index in [0.717, 1.165) is 13.0 Å². The molecule has 1 heterocycles. The van der Waals surface area contributed by atoms with Gasteiger partial charge in [0.15, 0.2) is 0 Å². The van der Waals surface area contributed by atoms with E-state index in [0.29, 0.717) is 11.4 Å². The topological polar surface area (TPSA) is 68.0 Å². The maximum Gasteiger partial charge on any atom is 0.252 e. The summed E-state index contributed by atoms with van der Waals surface area (Å²) in [6.07, 6.45) is 7.27. The van der Waals surface area contributed by atoms with Gasteiger partial charge in [-0.15, -0.1) is 0 Å². The minimum Gasteiger partial charge on any atom is -0.369 e. The van der Waals surface area contributed by atoms with Gasteiger partial charge >= 0.3 is 0 Å². The van der Waals surface area contributed by atoms with Crippen LogP contribution in [0.1, 0.15) is 29.6 Å². The molecule has 17 heavy (non-hydrogen) atoms. The van der Waals surface area contributed by atoms with Crippen molar-refractivity contribution in [3.63, 3.8) is 0 Å². The van der Waals surface area contributed by atoms with E-state index in [1.165, 1.54) is 18.6 Å². The van der Waals surface area contributed by atoms with Gasteiger partial charge in [-0.05, 0) is 37.0 Å². The van der Waals surface area contributed by atoms with E-state index in [1.807, 2.05) is 11.8 Å². The first-order valence-corrected chi connectivity index (χ1v) is 7.12. The van der Waals surface area contributed by atoms with E-state index in [1.54, 1.807) is 18.3 Å². The molecule has 5 heteroatoms. The number of carbonyl (C=O) groups excluding carboxylic acids is 1. The highest BCUT2D eigenvalue weighted by atomic mass is 32.2. The van der Waals surface area contributed by atoms with Gasteiger partial charge in [0.05, 0.1) is 5.56 Å². The van der Waals surface area contributed by atoms with Gasteiger partial charge in [-0.3, -0.25) is 4.79 Å². The molecular formula is C12H19N3OS. The highest BCUT2D eigenvalue weighted by Gasteiger charge is 2.07. The van der Waals surface area contributed by atoms with Gasteiger partial charge in [0, 0.05) is 12.7 Å². The van der Waals surface area contributed by atoms with Crippen LogP contribution in [0.5, 0.6) is 0 Å². The summed E-state index contributed by atoms with van der Waals surface area (Å²) in [6, 6.07) is 3.40. The Balaban J connectivity index is 2.34. The molecule has 0 unspecified atom stereocenters. The highest BCUT2D eigenvalue weighted by molar-refractivity contribution is 7.98. The number of aromatic nitrogens is 1. The summed E-state index contributed by atoms with van der Waals surface area (Å²) in [5, 5.41) is 3.15. The van der Waals surface area contributed by atoms with Crippen LogP contribution in [-0.4, -0.2) is 29.4 Å². The van der Waals surface area contributed by atoms with Crippen molar-refractivity contribution in [3.05, 3.63) is 23.9 Å². The Kier molecular flexibility index (Phi) is 6.47. The molecule has 1 aromatic rings. The fourth-order valence-electron chi connectivity index (χ4n) is 1.50. The van der Waals surface area contributed by atoms with Crippen LogP contribution in [0.25, 0.3) is 0 Å². The number of unbranched alkanes of at least 4 members (excludes halogenated alkanes) is 2. The van der Waals surface area contributed by atoms with Crippen molar-refractivity contribution in [2.45, 2.75) is 19.3 Å². The number of carbonyl (C=O) groups is 1. The summed E-state index contributed by atoms with van der Waals surface area (Å²) in [6.45, 7) is 0.825. The van der Waals surface area contributed by atoms with Gasteiger partial charge in [0.2, 0.25) is 0 Å². The Bertz CT molecular complexity index is 357. The Hall–Kier alpha value is -1.23. The molecule has 0 saturated heterocycles. The van der Waals surface area contributed by atoms with E-state index in [4.69, 9.17) is 5.73 Å². The number of hydrogen-bond acceptors (Lipinski definition) is 4. The van der Waals surface area contributed by atoms with Crippen molar-refractivity contribution in [1.82, 2.24) is 4.98 Å². The zero-order chi connectivity index (χ0) is 12.5. The molecular weight excluding hydrogens is 234 g/mol. The lowest BCUT2D eigenvalue weighted by Gasteiger charge is -2.08. The lowest BCUT2D eigenvalue weighted by molar-refractivity contribution is 0.100. The fraction of sp³-hybridized carbons (Fsp3) is 0.500. The van der Waals surface area contributed by atoms with Gasteiger partial charge in [0.25, 0.3) is 5.91 Å². The van der Waals surface area contributed by atoms with Crippen LogP contribution in [0.3, 0.4) is 0 Å². The molecule has 0 fully saturated rings. The van der Waals surface area contributed by atoms with Crippen molar-refractivity contribution in [1.29, 1.82) is 0 Å². The second kappa shape index (κ2) is 7.95. The molecule has 4 nitrogen and oxygen atoms in total. The van der Waals surface area contributed by atoms with E-state index in [2.05, 4.69) is 16.6 Å². The fourth-order valence-corrected chi connectivity index (χ4v) is 1.99. The molecule has 94 valence electrons. The van der Waals surface area contributed by atoms with Crippen LogP contribution in [-0.2, 0) is 0 Å². The summed E-state index contributed by atoms with van der Waals surface area (Å²) < 4.78 is 0. The number of anilines is 1. The number of nitrogens with one attached hydrogen (secondary N) is 1. The molecule has 0 radical (unpaired) electrons. The number of rotatable bonds is 8. The molecule has 0 aromatic carbocycles. The number of hydrogen-bond donors (Lipinski definition) is 2. The molecule has 0 atom stereocenters. The van der Waals surface area contributed by atoms with E-state index in [9.17, 15) is 4.79 Å². The number of nitrogens with two attached hydrogens (primary N) is 1. The molecule has 0 aliphatic rings.